The summed E-state index contributed by atoms with van der Waals surface area (Å²) in [5.74, 6) is 1.23. The van der Waals surface area contributed by atoms with E-state index in [9.17, 15) is 4.79 Å². The summed E-state index contributed by atoms with van der Waals surface area (Å²) < 4.78 is 0. The zero-order valence-corrected chi connectivity index (χ0v) is 10.8. The van der Waals surface area contributed by atoms with Gasteiger partial charge in [-0.25, -0.2) is 4.98 Å². The molecule has 4 rings (SSSR count). The molecule has 0 unspecified atom stereocenters. The molecule has 98 valence electrons. The lowest BCUT2D eigenvalue weighted by Crippen LogP contribution is -2.10. The van der Waals surface area contributed by atoms with E-state index >= 15 is 0 Å². The molecule has 4 nitrogen and oxygen atoms in total. The van der Waals surface area contributed by atoms with E-state index in [2.05, 4.69) is 15.0 Å². The molecular formula is C16H13N3O. The Kier molecular flexibility index (Phi) is 2.42. The van der Waals surface area contributed by atoms with Gasteiger partial charge in [0.25, 0.3) is 5.56 Å². The molecule has 4 heteroatoms. The van der Waals surface area contributed by atoms with E-state index in [4.69, 9.17) is 0 Å². The van der Waals surface area contributed by atoms with Gasteiger partial charge in [0.1, 0.15) is 5.82 Å². The fraction of sp³-hybridized carbons (Fsp3) is 0.188. The number of aromatic nitrogens is 3. The molecule has 1 aliphatic carbocycles. The molecule has 0 amide bonds. The zero-order valence-electron chi connectivity index (χ0n) is 10.8. The van der Waals surface area contributed by atoms with E-state index < -0.39 is 0 Å². The van der Waals surface area contributed by atoms with Crippen molar-refractivity contribution in [2.75, 3.05) is 0 Å². The fourth-order valence-corrected chi connectivity index (χ4v) is 2.48. The lowest BCUT2D eigenvalue weighted by molar-refractivity contribution is 0.912. The maximum Gasteiger partial charge on any atom is 0.251 e. The number of nitrogens with zero attached hydrogens (tertiary/aromatic N) is 2. The van der Waals surface area contributed by atoms with Crippen LogP contribution in [0.3, 0.4) is 0 Å². The van der Waals surface area contributed by atoms with Crippen LogP contribution in [0.4, 0.5) is 0 Å². The molecule has 0 bridgehead atoms. The Bertz CT molecular complexity index is 844. The normalized spacial score (nSPS) is 14.6. The van der Waals surface area contributed by atoms with Crippen LogP contribution < -0.4 is 5.56 Å². The number of hydrogen-bond donors (Lipinski definition) is 1. The summed E-state index contributed by atoms with van der Waals surface area (Å²) in [4.78, 5) is 23.7. The Labute approximate surface area is 115 Å². The Balaban J connectivity index is 1.97. The predicted octanol–water partition coefficient (Wildman–Crippen LogP) is 2.86. The number of pyridine rings is 1. The van der Waals surface area contributed by atoms with Gasteiger partial charge in [0.05, 0.1) is 11.2 Å². The number of benzene rings is 1. The van der Waals surface area contributed by atoms with Crippen molar-refractivity contribution in [1.82, 2.24) is 15.0 Å². The second kappa shape index (κ2) is 4.27. The van der Waals surface area contributed by atoms with Gasteiger partial charge in [-0.05, 0) is 18.9 Å². The second-order valence-corrected chi connectivity index (χ2v) is 5.17. The number of aromatic amines is 1. The average molecular weight is 263 g/mol. The molecule has 0 atom stereocenters. The summed E-state index contributed by atoms with van der Waals surface area (Å²) >= 11 is 0. The molecule has 2 heterocycles. The Morgan fingerprint density at radius 3 is 2.85 bits per heavy atom. The topological polar surface area (TPSA) is 58.6 Å². The van der Waals surface area contributed by atoms with Gasteiger partial charge in [0.15, 0.2) is 0 Å². The third-order valence-corrected chi connectivity index (χ3v) is 3.63. The Morgan fingerprint density at radius 1 is 1.15 bits per heavy atom. The first-order chi connectivity index (χ1) is 9.81. The first-order valence-electron chi connectivity index (χ1n) is 6.77. The zero-order chi connectivity index (χ0) is 13.5. The van der Waals surface area contributed by atoms with Crippen molar-refractivity contribution in [2.45, 2.75) is 18.8 Å². The second-order valence-electron chi connectivity index (χ2n) is 5.17. The van der Waals surface area contributed by atoms with Gasteiger partial charge in [-0.1, -0.05) is 24.3 Å². The summed E-state index contributed by atoms with van der Waals surface area (Å²) in [5, 5.41) is 1.06. The smallest absolute Gasteiger partial charge is 0.251 e. The quantitative estimate of drug-likeness (QED) is 0.773. The van der Waals surface area contributed by atoms with Gasteiger partial charge in [-0.15, -0.1) is 0 Å². The SMILES string of the molecule is O=c1cc(-c2cccc3cccnc23)nc(C2CC2)[nH]1. The Hall–Kier alpha value is -2.49. The summed E-state index contributed by atoms with van der Waals surface area (Å²) in [5.41, 5.74) is 2.41. The summed E-state index contributed by atoms with van der Waals surface area (Å²) in [7, 11) is 0. The highest BCUT2D eigenvalue weighted by Crippen LogP contribution is 2.38. The van der Waals surface area contributed by atoms with Crippen molar-refractivity contribution in [2.24, 2.45) is 0 Å². The molecule has 3 aromatic rings. The highest BCUT2D eigenvalue weighted by atomic mass is 16.1. The molecule has 1 saturated carbocycles. The van der Waals surface area contributed by atoms with Crippen LogP contribution in [-0.4, -0.2) is 15.0 Å². The van der Waals surface area contributed by atoms with Gasteiger partial charge >= 0.3 is 0 Å². The minimum absolute atomic E-state index is 0.0927. The summed E-state index contributed by atoms with van der Waals surface area (Å²) in [6, 6.07) is 11.4. The molecule has 2 aromatic heterocycles. The van der Waals surface area contributed by atoms with Crippen LogP contribution in [0.1, 0.15) is 24.6 Å². The molecule has 1 aromatic carbocycles. The maximum absolute atomic E-state index is 11.8. The van der Waals surface area contributed by atoms with Crippen LogP contribution in [-0.2, 0) is 0 Å². The molecule has 0 saturated heterocycles. The fourth-order valence-electron chi connectivity index (χ4n) is 2.48. The molecule has 1 N–H and O–H groups in total. The first-order valence-corrected chi connectivity index (χ1v) is 6.77. The highest BCUT2D eigenvalue weighted by molar-refractivity contribution is 5.92. The van der Waals surface area contributed by atoms with E-state index in [1.807, 2.05) is 30.3 Å². The lowest BCUT2D eigenvalue weighted by Gasteiger charge is -2.06. The molecule has 0 aliphatic heterocycles. The van der Waals surface area contributed by atoms with Gasteiger partial charge < -0.3 is 4.98 Å². The van der Waals surface area contributed by atoms with E-state index in [0.717, 1.165) is 35.1 Å². The van der Waals surface area contributed by atoms with E-state index in [-0.39, 0.29) is 5.56 Å². The van der Waals surface area contributed by atoms with Crippen LogP contribution in [0.25, 0.3) is 22.2 Å². The Morgan fingerprint density at radius 2 is 2.00 bits per heavy atom. The van der Waals surface area contributed by atoms with Crippen LogP contribution in [0, 0.1) is 0 Å². The number of H-pyrrole nitrogens is 1. The predicted molar refractivity (Wildman–Crippen MR) is 77.6 cm³/mol. The molecule has 20 heavy (non-hydrogen) atoms. The van der Waals surface area contributed by atoms with Crippen LogP contribution in [0.2, 0.25) is 0 Å². The monoisotopic (exact) mass is 263 g/mol. The number of nitrogens with one attached hydrogen (secondary N) is 1. The van der Waals surface area contributed by atoms with E-state index in [1.165, 1.54) is 0 Å². The largest absolute Gasteiger partial charge is 0.310 e. The molecule has 1 fully saturated rings. The van der Waals surface area contributed by atoms with Crippen molar-refractivity contribution in [1.29, 1.82) is 0 Å². The van der Waals surface area contributed by atoms with E-state index in [0.29, 0.717) is 11.6 Å². The van der Waals surface area contributed by atoms with Crippen molar-refractivity contribution < 1.29 is 0 Å². The van der Waals surface area contributed by atoms with Gasteiger partial charge in [-0.2, -0.15) is 0 Å². The lowest BCUT2D eigenvalue weighted by atomic mass is 10.1. The van der Waals surface area contributed by atoms with Crippen molar-refractivity contribution >= 4 is 10.9 Å². The molecule has 0 spiro atoms. The van der Waals surface area contributed by atoms with Gasteiger partial charge in [0, 0.05) is 29.1 Å². The molecular weight excluding hydrogens is 250 g/mol. The van der Waals surface area contributed by atoms with Crippen molar-refractivity contribution in [3.63, 3.8) is 0 Å². The average Bonchev–Trinajstić information content (AvgIpc) is 3.30. The highest BCUT2D eigenvalue weighted by Gasteiger charge is 2.26. The minimum atomic E-state index is -0.0927. The van der Waals surface area contributed by atoms with Crippen LogP contribution >= 0.6 is 0 Å². The number of rotatable bonds is 2. The maximum atomic E-state index is 11.8. The van der Waals surface area contributed by atoms with Crippen LogP contribution in [0.5, 0.6) is 0 Å². The number of hydrogen-bond acceptors (Lipinski definition) is 3. The van der Waals surface area contributed by atoms with Crippen LogP contribution in [0.15, 0.2) is 47.4 Å². The van der Waals surface area contributed by atoms with Crippen molar-refractivity contribution in [3.8, 4) is 11.3 Å². The van der Waals surface area contributed by atoms with E-state index in [1.54, 1.807) is 12.3 Å². The third-order valence-electron chi connectivity index (χ3n) is 3.63. The number of fused-ring (bicyclic) bond motifs is 1. The summed E-state index contributed by atoms with van der Waals surface area (Å²) in [6.07, 6.45) is 3.99. The van der Waals surface area contributed by atoms with Gasteiger partial charge in [-0.3, -0.25) is 9.78 Å². The molecule has 0 radical (unpaired) electrons. The van der Waals surface area contributed by atoms with Gasteiger partial charge in [0.2, 0.25) is 0 Å². The van der Waals surface area contributed by atoms with Crippen molar-refractivity contribution in [3.05, 3.63) is 58.8 Å². The standard InChI is InChI=1S/C16H13N3O/c20-14-9-13(18-16(19-14)11-6-7-11)12-5-1-3-10-4-2-8-17-15(10)12/h1-5,8-9,11H,6-7H2,(H,18,19,20). The minimum Gasteiger partial charge on any atom is -0.310 e. The molecule has 1 aliphatic rings. The third kappa shape index (κ3) is 1.90. The summed E-state index contributed by atoms with van der Waals surface area (Å²) in [6.45, 7) is 0. The number of para-hydroxylation sites is 1. The first kappa shape index (κ1) is 11.3.